The molecule has 0 atom stereocenters. The molecular weight excluding hydrogens is 218 g/mol. The van der Waals surface area contributed by atoms with Crippen molar-refractivity contribution in [1.29, 1.82) is 0 Å². The van der Waals surface area contributed by atoms with E-state index in [0.29, 0.717) is 0 Å². The monoisotopic (exact) mass is 239 g/mol. The van der Waals surface area contributed by atoms with E-state index in [0.717, 1.165) is 43.9 Å². The number of hydrogen-bond acceptors (Lipinski definition) is 3. The van der Waals surface area contributed by atoms with Crippen LogP contribution in [0.15, 0.2) is 16.5 Å². The number of carbonyl (C=O) groups is 1. The van der Waals surface area contributed by atoms with Crippen molar-refractivity contribution < 1.29 is 14.3 Å². The number of furan rings is 1. The summed E-state index contributed by atoms with van der Waals surface area (Å²) < 4.78 is 5.49. The minimum atomic E-state index is -0.704. The van der Waals surface area contributed by atoms with Crippen molar-refractivity contribution in [3.8, 4) is 0 Å². The predicted molar refractivity (Wildman–Crippen MR) is 65.9 cm³/mol. The highest BCUT2D eigenvalue weighted by atomic mass is 16.4. The van der Waals surface area contributed by atoms with E-state index in [1.54, 1.807) is 0 Å². The predicted octanol–water partition coefficient (Wildman–Crippen LogP) is 2.66. The van der Waals surface area contributed by atoms with Crippen LogP contribution in [0.1, 0.15) is 37.2 Å². The SMILES string of the molecule is Cc1ccc(CN(C)CCCCCC(=O)O)o1. The summed E-state index contributed by atoms with van der Waals surface area (Å²) in [5.41, 5.74) is 0. The van der Waals surface area contributed by atoms with E-state index < -0.39 is 5.97 Å². The quantitative estimate of drug-likeness (QED) is 0.709. The van der Waals surface area contributed by atoms with Gasteiger partial charge in [0.25, 0.3) is 0 Å². The molecule has 0 amide bonds. The zero-order valence-corrected chi connectivity index (χ0v) is 10.6. The zero-order valence-electron chi connectivity index (χ0n) is 10.6. The minimum absolute atomic E-state index is 0.279. The van der Waals surface area contributed by atoms with Crippen LogP contribution in [0.25, 0.3) is 0 Å². The smallest absolute Gasteiger partial charge is 0.303 e. The summed E-state index contributed by atoms with van der Waals surface area (Å²) >= 11 is 0. The van der Waals surface area contributed by atoms with Crippen molar-refractivity contribution in [2.24, 2.45) is 0 Å². The molecule has 0 aliphatic heterocycles. The molecule has 0 spiro atoms. The third-order valence-electron chi connectivity index (χ3n) is 2.65. The van der Waals surface area contributed by atoms with Gasteiger partial charge in [0.15, 0.2) is 0 Å². The molecular formula is C13H21NO3. The molecule has 1 N–H and O–H groups in total. The lowest BCUT2D eigenvalue weighted by Gasteiger charge is -2.14. The number of rotatable bonds is 8. The number of nitrogens with zero attached hydrogens (tertiary/aromatic N) is 1. The van der Waals surface area contributed by atoms with Gasteiger partial charge in [0.05, 0.1) is 6.54 Å². The minimum Gasteiger partial charge on any atom is -0.481 e. The Hall–Kier alpha value is -1.29. The molecule has 0 aliphatic rings. The molecule has 4 heteroatoms. The van der Waals surface area contributed by atoms with E-state index in [2.05, 4.69) is 11.9 Å². The number of aryl methyl sites for hydroxylation is 1. The first-order valence-corrected chi connectivity index (χ1v) is 6.03. The van der Waals surface area contributed by atoms with E-state index in [1.807, 2.05) is 19.1 Å². The van der Waals surface area contributed by atoms with E-state index in [4.69, 9.17) is 9.52 Å². The second kappa shape index (κ2) is 7.12. The molecule has 1 rings (SSSR count). The van der Waals surface area contributed by atoms with Crippen LogP contribution in [0.3, 0.4) is 0 Å². The normalized spacial score (nSPS) is 11.0. The molecule has 1 heterocycles. The molecule has 0 unspecified atom stereocenters. The summed E-state index contributed by atoms with van der Waals surface area (Å²) in [4.78, 5) is 12.5. The van der Waals surface area contributed by atoms with Crippen molar-refractivity contribution in [2.75, 3.05) is 13.6 Å². The first-order chi connectivity index (χ1) is 8.08. The van der Waals surface area contributed by atoms with Gasteiger partial charge in [0.1, 0.15) is 11.5 Å². The number of aliphatic carboxylic acids is 1. The maximum absolute atomic E-state index is 10.3. The summed E-state index contributed by atoms with van der Waals surface area (Å²) in [5, 5.41) is 8.50. The van der Waals surface area contributed by atoms with Crippen LogP contribution < -0.4 is 0 Å². The fourth-order valence-electron chi connectivity index (χ4n) is 1.75. The van der Waals surface area contributed by atoms with Gasteiger partial charge in [-0.2, -0.15) is 0 Å². The lowest BCUT2D eigenvalue weighted by atomic mass is 10.2. The van der Waals surface area contributed by atoms with E-state index in [-0.39, 0.29) is 6.42 Å². The number of hydrogen-bond donors (Lipinski definition) is 1. The Morgan fingerprint density at radius 1 is 1.35 bits per heavy atom. The van der Waals surface area contributed by atoms with E-state index in [1.165, 1.54) is 0 Å². The largest absolute Gasteiger partial charge is 0.481 e. The van der Waals surface area contributed by atoms with Crippen LogP contribution in [0, 0.1) is 6.92 Å². The molecule has 0 aromatic carbocycles. The molecule has 0 radical (unpaired) electrons. The van der Waals surface area contributed by atoms with Gasteiger partial charge >= 0.3 is 5.97 Å². The van der Waals surface area contributed by atoms with Crippen LogP contribution in [-0.2, 0) is 11.3 Å². The highest BCUT2D eigenvalue weighted by molar-refractivity contribution is 5.66. The lowest BCUT2D eigenvalue weighted by molar-refractivity contribution is -0.137. The Morgan fingerprint density at radius 2 is 2.12 bits per heavy atom. The average Bonchev–Trinajstić information content (AvgIpc) is 2.63. The Kier molecular flexibility index (Phi) is 5.77. The second-order valence-corrected chi connectivity index (χ2v) is 4.45. The Balaban J connectivity index is 2.09. The van der Waals surface area contributed by atoms with Gasteiger partial charge in [-0.15, -0.1) is 0 Å². The molecule has 1 aromatic heterocycles. The molecule has 96 valence electrons. The lowest BCUT2D eigenvalue weighted by Crippen LogP contribution is -2.18. The van der Waals surface area contributed by atoms with E-state index in [9.17, 15) is 4.79 Å². The van der Waals surface area contributed by atoms with Crippen LogP contribution in [-0.4, -0.2) is 29.6 Å². The fraction of sp³-hybridized carbons (Fsp3) is 0.615. The second-order valence-electron chi connectivity index (χ2n) is 4.45. The highest BCUT2D eigenvalue weighted by Crippen LogP contribution is 2.09. The summed E-state index contributed by atoms with van der Waals surface area (Å²) in [5.74, 6) is 1.22. The van der Waals surface area contributed by atoms with Gasteiger partial charge in [-0.05, 0) is 45.5 Å². The van der Waals surface area contributed by atoms with Crippen molar-refractivity contribution in [1.82, 2.24) is 4.90 Å². The molecule has 1 aromatic rings. The summed E-state index contributed by atoms with van der Waals surface area (Å²) in [6.07, 6.45) is 3.04. The standard InChI is InChI=1S/C13H21NO3/c1-11-7-8-12(17-11)10-14(2)9-5-3-4-6-13(15)16/h7-8H,3-6,9-10H2,1-2H3,(H,15,16). The van der Waals surface area contributed by atoms with Crippen LogP contribution in [0.5, 0.6) is 0 Å². The van der Waals surface area contributed by atoms with Crippen molar-refractivity contribution in [3.63, 3.8) is 0 Å². The van der Waals surface area contributed by atoms with Gasteiger partial charge in [0.2, 0.25) is 0 Å². The van der Waals surface area contributed by atoms with Crippen molar-refractivity contribution in [2.45, 2.75) is 39.2 Å². The van der Waals surface area contributed by atoms with Gasteiger partial charge in [-0.25, -0.2) is 0 Å². The zero-order chi connectivity index (χ0) is 12.7. The van der Waals surface area contributed by atoms with Gasteiger partial charge in [-0.3, -0.25) is 9.69 Å². The Morgan fingerprint density at radius 3 is 2.71 bits per heavy atom. The molecule has 0 bridgehead atoms. The maximum atomic E-state index is 10.3. The molecule has 0 aliphatic carbocycles. The van der Waals surface area contributed by atoms with Gasteiger partial charge < -0.3 is 9.52 Å². The van der Waals surface area contributed by atoms with Crippen LogP contribution in [0.2, 0.25) is 0 Å². The third kappa shape index (κ3) is 6.12. The third-order valence-corrected chi connectivity index (χ3v) is 2.65. The van der Waals surface area contributed by atoms with E-state index >= 15 is 0 Å². The van der Waals surface area contributed by atoms with Crippen molar-refractivity contribution >= 4 is 5.97 Å². The van der Waals surface area contributed by atoms with Crippen LogP contribution >= 0.6 is 0 Å². The van der Waals surface area contributed by atoms with Gasteiger partial charge in [-0.1, -0.05) is 6.42 Å². The summed E-state index contributed by atoms with van der Waals surface area (Å²) in [6, 6.07) is 3.96. The van der Waals surface area contributed by atoms with Crippen molar-refractivity contribution in [3.05, 3.63) is 23.7 Å². The topological polar surface area (TPSA) is 53.7 Å². The molecule has 4 nitrogen and oxygen atoms in total. The first-order valence-electron chi connectivity index (χ1n) is 6.03. The van der Waals surface area contributed by atoms with Crippen LogP contribution in [0.4, 0.5) is 0 Å². The molecule has 0 saturated heterocycles. The number of carboxylic acids is 1. The average molecular weight is 239 g/mol. The number of unbranched alkanes of at least 4 members (excludes halogenated alkanes) is 2. The first kappa shape index (κ1) is 13.8. The highest BCUT2D eigenvalue weighted by Gasteiger charge is 2.04. The Bertz CT molecular complexity index is 346. The summed E-state index contributed by atoms with van der Waals surface area (Å²) in [6.45, 7) is 3.72. The number of carboxylic acid groups (broad SMARTS) is 1. The Labute approximate surface area is 102 Å². The maximum Gasteiger partial charge on any atom is 0.303 e. The fourth-order valence-corrected chi connectivity index (χ4v) is 1.75. The molecule has 0 saturated carbocycles. The van der Waals surface area contributed by atoms with Gasteiger partial charge in [0, 0.05) is 6.42 Å². The summed E-state index contributed by atoms with van der Waals surface area (Å²) in [7, 11) is 2.05. The molecule has 0 fully saturated rings. The molecule has 17 heavy (non-hydrogen) atoms.